The summed E-state index contributed by atoms with van der Waals surface area (Å²) >= 11 is 0. The highest BCUT2D eigenvalue weighted by molar-refractivity contribution is 5.92. The van der Waals surface area contributed by atoms with E-state index in [4.69, 9.17) is 9.47 Å². The minimum atomic E-state index is -0.0240. The Balaban J connectivity index is 1.68. The van der Waals surface area contributed by atoms with E-state index in [1.54, 1.807) is 0 Å². The van der Waals surface area contributed by atoms with Crippen LogP contribution in [-0.2, 0) is 9.53 Å². The van der Waals surface area contributed by atoms with Crippen molar-refractivity contribution in [3.63, 3.8) is 0 Å². The third-order valence-electron chi connectivity index (χ3n) is 3.59. The van der Waals surface area contributed by atoms with Gasteiger partial charge in [0.25, 0.3) is 0 Å². The molecular weight excluding hydrogens is 280 g/mol. The van der Waals surface area contributed by atoms with Crippen LogP contribution in [0, 0.1) is 0 Å². The second kappa shape index (κ2) is 9.43. The highest BCUT2D eigenvalue weighted by atomic mass is 16.5. The van der Waals surface area contributed by atoms with Crippen molar-refractivity contribution in [3.05, 3.63) is 24.3 Å². The van der Waals surface area contributed by atoms with E-state index in [-0.39, 0.29) is 12.0 Å². The molecule has 0 saturated carbocycles. The normalized spacial score (nSPS) is 17.4. The van der Waals surface area contributed by atoms with Gasteiger partial charge < -0.3 is 20.1 Å². The highest BCUT2D eigenvalue weighted by Gasteiger charge is 2.15. The molecule has 0 bridgehead atoms. The van der Waals surface area contributed by atoms with Gasteiger partial charge in [-0.3, -0.25) is 4.79 Å². The molecule has 1 aliphatic rings. The number of nitrogens with one attached hydrogen (secondary N) is 2. The number of carbonyl (C=O) groups excluding carboxylic acids is 1. The maximum absolute atomic E-state index is 11.7. The quantitative estimate of drug-likeness (QED) is 0.688. The third-order valence-corrected chi connectivity index (χ3v) is 3.59. The lowest BCUT2D eigenvalue weighted by Gasteiger charge is -2.12. The van der Waals surface area contributed by atoms with Crippen LogP contribution in [0.2, 0.25) is 0 Å². The number of anilines is 1. The summed E-state index contributed by atoms with van der Waals surface area (Å²) in [5, 5.41) is 5.98. The van der Waals surface area contributed by atoms with Crippen molar-refractivity contribution in [2.45, 2.75) is 38.7 Å². The van der Waals surface area contributed by atoms with E-state index in [2.05, 4.69) is 17.6 Å². The van der Waals surface area contributed by atoms with E-state index in [9.17, 15) is 4.79 Å². The van der Waals surface area contributed by atoms with Gasteiger partial charge in [-0.05, 0) is 50.1 Å². The summed E-state index contributed by atoms with van der Waals surface area (Å²) in [6.07, 6.45) is 4.62. The molecule has 1 aromatic rings. The van der Waals surface area contributed by atoms with Crippen molar-refractivity contribution in [2.75, 3.05) is 31.6 Å². The number of benzene rings is 1. The number of carbonyl (C=O) groups is 1. The van der Waals surface area contributed by atoms with E-state index < -0.39 is 0 Å². The largest absolute Gasteiger partial charge is 0.491 e. The molecule has 0 radical (unpaired) electrons. The molecule has 1 saturated heterocycles. The van der Waals surface area contributed by atoms with Gasteiger partial charge in [-0.15, -0.1) is 0 Å². The molecule has 1 heterocycles. The lowest BCUT2D eigenvalue weighted by molar-refractivity contribution is -0.115. The van der Waals surface area contributed by atoms with Gasteiger partial charge >= 0.3 is 0 Å². The molecule has 1 aliphatic heterocycles. The summed E-state index contributed by atoms with van der Waals surface area (Å²) < 4.78 is 11.2. The second-order valence-electron chi connectivity index (χ2n) is 5.55. The Hall–Kier alpha value is -1.59. The summed E-state index contributed by atoms with van der Waals surface area (Å²) in [6.45, 7) is 4.78. The molecule has 2 rings (SSSR count). The van der Waals surface area contributed by atoms with Crippen LogP contribution in [0.4, 0.5) is 5.69 Å². The number of amides is 1. The summed E-state index contributed by atoms with van der Waals surface area (Å²) in [7, 11) is 0. The van der Waals surface area contributed by atoms with Crippen molar-refractivity contribution in [1.82, 2.24) is 5.32 Å². The Kier molecular flexibility index (Phi) is 7.19. The lowest BCUT2D eigenvalue weighted by atomic mass is 10.2. The van der Waals surface area contributed by atoms with Crippen LogP contribution in [0.3, 0.4) is 0 Å². The average Bonchev–Trinajstić information content (AvgIpc) is 3.04. The average molecular weight is 306 g/mol. The van der Waals surface area contributed by atoms with Gasteiger partial charge in [0.1, 0.15) is 12.4 Å². The smallest absolute Gasteiger partial charge is 0.238 e. The summed E-state index contributed by atoms with van der Waals surface area (Å²) in [4.78, 5) is 11.7. The van der Waals surface area contributed by atoms with Gasteiger partial charge in [-0.25, -0.2) is 0 Å². The van der Waals surface area contributed by atoms with E-state index in [1.165, 1.54) is 0 Å². The van der Waals surface area contributed by atoms with E-state index in [1.807, 2.05) is 24.3 Å². The fraction of sp³-hybridized carbons (Fsp3) is 0.588. The zero-order valence-corrected chi connectivity index (χ0v) is 13.3. The van der Waals surface area contributed by atoms with Crippen LogP contribution in [-0.4, -0.2) is 38.3 Å². The second-order valence-corrected chi connectivity index (χ2v) is 5.55. The number of rotatable bonds is 9. The first kappa shape index (κ1) is 16.8. The molecule has 1 aromatic carbocycles. The minimum Gasteiger partial charge on any atom is -0.491 e. The first-order valence-electron chi connectivity index (χ1n) is 8.13. The van der Waals surface area contributed by atoms with Crippen LogP contribution >= 0.6 is 0 Å². The molecule has 5 heteroatoms. The molecule has 0 aliphatic carbocycles. The molecule has 1 atom stereocenters. The standard InChI is InChI=1S/C17H26N2O3/c1-2-3-10-18-12-17(20)19-14-6-8-15(9-7-14)22-13-16-5-4-11-21-16/h6-9,16,18H,2-5,10-13H2,1H3,(H,19,20). The van der Waals surface area contributed by atoms with Crippen LogP contribution in [0.1, 0.15) is 32.6 Å². The van der Waals surface area contributed by atoms with Gasteiger partial charge in [-0.1, -0.05) is 13.3 Å². The zero-order chi connectivity index (χ0) is 15.6. The van der Waals surface area contributed by atoms with Gasteiger partial charge in [0.15, 0.2) is 0 Å². The number of hydrogen-bond acceptors (Lipinski definition) is 4. The summed E-state index contributed by atoms with van der Waals surface area (Å²) in [5.74, 6) is 0.777. The Morgan fingerprint density at radius 2 is 2.18 bits per heavy atom. The Morgan fingerprint density at radius 3 is 2.86 bits per heavy atom. The van der Waals surface area contributed by atoms with Gasteiger partial charge in [0, 0.05) is 12.3 Å². The molecule has 0 spiro atoms. The minimum absolute atomic E-state index is 0.0240. The first-order chi connectivity index (χ1) is 10.8. The number of unbranched alkanes of at least 4 members (excludes halogenated alkanes) is 1. The van der Waals surface area contributed by atoms with Gasteiger partial charge in [0.05, 0.1) is 12.6 Å². The zero-order valence-electron chi connectivity index (χ0n) is 13.3. The predicted octanol–water partition coefficient (Wildman–Crippen LogP) is 2.57. The van der Waals surface area contributed by atoms with Gasteiger partial charge in [0.2, 0.25) is 5.91 Å². The Bertz CT molecular complexity index is 442. The SMILES string of the molecule is CCCCNCC(=O)Nc1ccc(OCC2CCCO2)cc1. The molecule has 1 unspecified atom stereocenters. The van der Waals surface area contributed by atoms with Crippen molar-refractivity contribution in [1.29, 1.82) is 0 Å². The topological polar surface area (TPSA) is 59.6 Å². The first-order valence-corrected chi connectivity index (χ1v) is 8.13. The molecule has 5 nitrogen and oxygen atoms in total. The van der Waals surface area contributed by atoms with E-state index in [0.29, 0.717) is 13.2 Å². The van der Waals surface area contributed by atoms with Crippen LogP contribution in [0.15, 0.2) is 24.3 Å². The third kappa shape index (κ3) is 6.03. The molecular formula is C17H26N2O3. The number of ether oxygens (including phenoxy) is 2. The molecule has 1 amide bonds. The fourth-order valence-electron chi connectivity index (χ4n) is 2.31. The van der Waals surface area contributed by atoms with Crippen molar-refractivity contribution in [2.24, 2.45) is 0 Å². The molecule has 22 heavy (non-hydrogen) atoms. The number of hydrogen-bond donors (Lipinski definition) is 2. The van der Waals surface area contributed by atoms with Crippen molar-refractivity contribution in [3.8, 4) is 5.75 Å². The lowest BCUT2D eigenvalue weighted by Crippen LogP contribution is -2.28. The Morgan fingerprint density at radius 1 is 1.36 bits per heavy atom. The van der Waals surface area contributed by atoms with E-state index in [0.717, 1.165) is 50.3 Å². The highest BCUT2D eigenvalue weighted by Crippen LogP contribution is 2.18. The monoisotopic (exact) mass is 306 g/mol. The maximum atomic E-state index is 11.7. The summed E-state index contributed by atoms with van der Waals surface area (Å²) in [5.41, 5.74) is 0.784. The summed E-state index contributed by atoms with van der Waals surface area (Å²) in [6, 6.07) is 7.45. The van der Waals surface area contributed by atoms with E-state index >= 15 is 0 Å². The van der Waals surface area contributed by atoms with Crippen molar-refractivity contribution < 1.29 is 14.3 Å². The molecule has 1 fully saturated rings. The van der Waals surface area contributed by atoms with Crippen molar-refractivity contribution >= 4 is 11.6 Å². The fourth-order valence-corrected chi connectivity index (χ4v) is 2.31. The van der Waals surface area contributed by atoms with Crippen LogP contribution < -0.4 is 15.4 Å². The van der Waals surface area contributed by atoms with Gasteiger partial charge in [-0.2, -0.15) is 0 Å². The molecule has 0 aromatic heterocycles. The molecule has 122 valence electrons. The predicted molar refractivity (Wildman–Crippen MR) is 87.3 cm³/mol. The van der Waals surface area contributed by atoms with Crippen LogP contribution in [0.25, 0.3) is 0 Å². The maximum Gasteiger partial charge on any atom is 0.238 e. The Labute approximate surface area is 132 Å². The molecule has 2 N–H and O–H groups in total. The van der Waals surface area contributed by atoms with Crippen LogP contribution in [0.5, 0.6) is 5.75 Å².